The van der Waals surface area contributed by atoms with E-state index in [0.29, 0.717) is 4.57 Å². The lowest BCUT2D eigenvalue weighted by Crippen LogP contribution is -2.06. The fourth-order valence-electron chi connectivity index (χ4n) is 1.06. The van der Waals surface area contributed by atoms with Crippen LogP contribution in [0, 0.1) is 6.85 Å². The van der Waals surface area contributed by atoms with Gasteiger partial charge >= 0.3 is 6.18 Å². The van der Waals surface area contributed by atoms with E-state index in [9.17, 15) is 13.2 Å². The number of aryl methyl sites for hydroxylation is 1. The minimum Gasteiger partial charge on any atom is -0.303 e. The number of hydrogen-bond donors (Lipinski definition) is 0. The molecule has 2 aromatic rings. The Labute approximate surface area is 115 Å². The summed E-state index contributed by atoms with van der Waals surface area (Å²) in [5, 5.41) is 0. The molecule has 0 spiro atoms. The molecule has 1 aromatic heterocycles. The average Bonchev–Trinajstić information content (AvgIpc) is 2.72. The average molecular weight is 313 g/mol. The highest BCUT2D eigenvalue weighted by molar-refractivity contribution is 9.10. The van der Waals surface area contributed by atoms with Crippen molar-refractivity contribution in [2.75, 3.05) is 0 Å². The van der Waals surface area contributed by atoms with Crippen molar-refractivity contribution in [3.8, 4) is 5.69 Å². The van der Waals surface area contributed by atoms with Crippen molar-refractivity contribution in [3.05, 3.63) is 46.3 Å². The van der Waals surface area contributed by atoms with E-state index in [0.717, 1.165) is 0 Å². The van der Waals surface area contributed by atoms with E-state index in [2.05, 4.69) is 20.9 Å². The predicted octanol–water partition coefficient (Wildman–Crippen LogP) is 3.96. The molecule has 17 heavy (non-hydrogen) atoms. The lowest BCUT2D eigenvalue weighted by atomic mass is 10.2. The lowest BCUT2D eigenvalue weighted by Gasteiger charge is -2.10. The zero-order chi connectivity index (χ0) is 19.5. The van der Waals surface area contributed by atoms with Crippen molar-refractivity contribution in [2.24, 2.45) is 0 Å². The zero-order valence-electron chi connectivity index (χ0n) is 15.9. The molecular weight excluding hydrogens is 297 g/mol. The summed E-state index contributed by atoms with van der Waals surface area (Å²) in [6, 6.07) is -4.86. The Morgan fingerprint density at radius 2 is 2.24 bits per heavy atom. The molecule has 90 valence electrons. The first kappa shape index (κ1) is 5.56. The molecule has 0 aliphatic heterocycles. The number of hydrogen-bond acceptors (Lipinski definition) is 1. The van der Waals surface area contributed by atoms with Crippen LogP contribution in [-0.2, 0) is 6.18 Å². The molecule has 0 aliphatic carbocycles. The monoisotopic (exact) mass is 312 g/mol. The zero-order valence-corrected chi connectivity index (χ0v) is 9.49. The van der Waals surface area contributed by atoms with E-state index in [-0.39, 0.29) is 4.60 Å². The smallest absolute Gasteiger partial charge is 0.303 e. The fraction of sp³-hybridized carbons (Fsp3) is 0.182. The van der Waals surface area contributed by atoms with Gasteiger partial charge in [-0.1, -0.05) is 6.04 Å². The standard InChI is InChI=1S/C11H8BrF3N2/c1-7-16-10(12)6-17(7)9-4-2-3-8(5-9)11(13,14)15/h2-6H,1H3/i1D3,2D,3D,4D,5D,6D. The maximum Gasteiger partial charge on any atom is 0.416 e. The second-order valence-electron chi connectivity index (χ2n) is 2.89. The van der Waals surface area contributed by atoms with Gasteiger partial charge in [-0.15, -0.1) is 0 Å². The van der Waals surface area contributed by atoms with E-state index in [1.165, 1.54) is 0 Å². The van der Waals surface area contributed by atoms with Gasteiger partial charge in [0.2, 0.25) is 0 Å². The van der Waals surface area contributed by atoms with Crippen molar-refractivity contribution < 1.29 is 24.1 Å². The van der Waals surface area contributed by atoms with Crippen LogP contribution in [0.5, 0.6) is 0 Å². The van der Waals surface area contributed by atoms with Crippen LogP contribution in [-0.4, -0.2) is 9.55 Å². The summed E-state index contributed by atoms with van der Waals surface area (Å²) in [7, 11) is 0. The summed E-state index contributed by atoms with van der Waals surface area (Å²) in [5.74, 6) is -0.836. The molecule has 0 bridgehead atoms. The van der Waals surface area contributed by atoms with Gasteiger partial charge in [-0.25, -0.2) is 4.98 Å². The van der Waals surface area contributed by atoms with Crippen molar-refractivity contribution in [1.82, 2.24) is 9.55 Å². The van der Waals surface area contributed by atoms with Gasteiger partial charge in [-0.05, 0) is 40.9 Å². The van der Waals surface area contributed by atoms with Crippen LogP contribution in [0.4, 0.5) is 13.2 Å². The van der Waals surface area contributed by atoms with Crippen molar-refractivity contribution in [3.63, 3.8) is 0 Å². The molecule has 0 aliphatic rings. The van der Waals surface area contributed by atoms with Gasteiger partial charge in [0.15, 0.2) is 0 Å². The quantitative estimate of drug-likeness (QED) is 0.779. The normalized spacial score (nSPS) is 19.3. The van der Waals surface area contributed by atoms with Gasteiger partial charge in [0.1, 0.15) is 10.4 Å². The third-order valence-corrected chi connectivity index (χ3v) is 2.09. The van der Waals surface area contributed by atoms with Gasteiger partial charge in [0, 0.05) is 16.0 Å². The van der Waals surface area contributed by atoms with Crippen LogP contribution in [0.3, 0.4) is 0 Å². The van der Waals surface area contributed by atoms with Crippen LogP contribution < -0.4 is 0 Å². The molecule has 0 saturated carbocycles. The minimum absolute atomic E-state index is 0.313. The number of aromatic nitrogens is 2. The molecule has 0 atom stereocenters. The first-order valence-electron chi connectivity index (χ1n) is 8.12. The Morgan fingerprint density at radius 1 is 1.47 bits per heavy atom. The van der Waals surface area contributed by atoms with Crippen LogP contribution in [0.1, 0.15) is 22.4 Å². The number of imidazole rings is 1. The Balaban J connectivity index is 3.03. The van der Waals surface area contributed by atoms with Crippen LogP contribution in [0.25, 0.3) is 5.69 Å². The summed E-state index contributed by atoms with van der Waals surface area (Å²) < 4.78 is 100. The summed E-state index contributed by atoms with van der Waals surface area (Å²) in [6.45, 7) is -2.96. The maximum absolute atomic E-state index is 13.2. The Morgan fingerprint density at radius 3 is 2.88 bits per heavy atom. The van der Waals surface area contributed by atoms with Gasteiger partial charge in [0.25, 0.3) is 0 Å². The van der Waals surface area contributed by atoms with Crippen LogP contribution in [0.15, 0.2) is 34.9 Å². The van der Waals surface area contributed by atoms with Gasteiger partial charge in [0.05, 0.1) is 12.4 Å². The van der Waals surface area contributed by atoms with Crippen molar-refractivity contribution in [1.29, 1.82) is 0 Å². The largest absolute Gasteiger partial charge is 0.416 e. The number of rotatable bonds is 1. The molecule has 0 fully saturated rings. The topological polar surface area (TPSA) is 17.8 Å². The van der Waals surface area contributed by atoms with Crippen LogP contribution in [0.2, 0.25) is 0 Å². The number of alkyl halides is 3. The molecule has 0 radical (unpaired) electrons. The molecule has 0 N–H and O–H groups in total. The van der Waals surface area contributed by atoms with E-state index in [4.69, 9.17) is 11.0 Å². The van der Waals surface area contributed by atoms with Crippen molar-refractivity contribution >= 4 is 15.9 Å². The van der Waals surface area contributed by atoms with E-state index in [1.54, 1.807) is 0 Å². The second kappa shape index (κ2) is 4.18. The molecule has 0 unspecified atom stereocenters. The summed E-state index contributed by atoms with van der Waals surface area (Å²) in [6.07, 6.45) is -5.87. The van der Waals surface area contributed by atoms with E-state index < -0.39 is 60.4 Å². The highest BCUT2D eigenvalue weighted by Crippen LogP contribution is 2.30. The lowest BCUT2D eigenvalue weighted by molar-refractivity contribution is -0.137. The number of benzene rings is 1. The summed E-state index contributed by atoms with van der Waals surface area (Å²) in [4.78, 5) is 3.56. The summed E-state index contributed by atoms with van der Waals surface area (Å²) in [5.41, 5.74) is -2.73. The van der Waals surface area contributed by atoms with Gasteiger partial charge in [-0.2, -0.15) is 13.2 Å². The Bertz CT molecular complexity index is 859. The number of nitrogens with zero attached hydrogens (tertiary/aromatic N) is 2. The molecule has 6 heteroatoms. The highest BCUT2D eigenvalue weighted by atomic mass is 79.9. The van der Waals surface area contributed by atoms with E-state index >= 15 is 0 Å². The Kier molecular flexibility index (Phi) is 1.37. The first-order chi connectivity index (χ1) is 11.2. The van der Waals surface area contributed by atoms with Crippen LogP contribution >= 0.6 is 15.9 Å². The molecule has 2 rings (SSSR count). The fourth-order valence-corrected chi connectivity index (χ4v) is 1.41. The third kappa shape index (κ3) is 2.52. The SMILES string of the molecule is [2H]c1c([2H])c(-n2c(C([2H])([2H])[2H])nc(Br)c2[2H])c([2H])c(C(F)(F)F)c1[2H]. The molecule has 1 aromatic carbocycles. The minimum atomic E-state index is -5.17. The second-order valence-corrected chi connectivity index (χ2v) is 3.65. The molecule has 0 saturated heterocycles. The molecule has 2 nitrogen and oxygen atoms in total. The molecular formula is C11H8BrF3N2. The van der Waals surface area contributed by atoms with Crippen molar-refractivity contribution in [2.45, 2.75) is 13.0 Å². The Hall–Kier alpha value is -1.30. The van der Waals surface area contributed by atoms with Gasteiger partial charge in [-0.3, -0.25) is 0 Å². The summed E-state index contributed by atoms with van der Waals surface area (Å²) >= 11 is 2.80. The maximum atomic E-state index is 13.2. The third-order valence-electron chi connectivity index (χ3n) is 1.74. The molecule has 0 amide bonds. The predicted molar refractivity (Wildman–Crippen MR) is 61.0 cm³/mol. The molecule has 1 heterocycles. The first-order valence-corrected chi connectivity index (χ1v) is 4.92. The van der Waals surface area contributed by atoms with E-state index in [1.807, 2.05) is 0 Å². The van der Waals surface area contributed by atoms with Gasteiger partial charge < -0.3 is 4.57 Å². The highest BCUT2D eigenvalue weighted by Gasteiger charge is 2.30. The number of halogens is 4.